The van der Waals surface area contributed by atoms with E-state index >= 15 is 0 Å². The minimum Gasteiger partial charge on any atom is -0.492 e. The van der Waals surface area contributed by atoms with E-state index in [1.54, 1.807) is 24.3 Å². The molecule has 0 saturated carbocycles. The van der Waals surface area contributed by atoms with Crippen LogP contribution >= 0.6 is 0 Å². The Bertz CT molecular complexity index is 475. The molecule has 1 fully saturated rings. The van der Waals surface area contributed by atoms with Crippen molar-refractivity contribution in [1.29, 1.82) is 0 Å². The van der Waals surface area contributed by atoms with Crippen molar-refractivity contribution in [2.24, 2.45) is 5.92 Å². The van der Waals surface area contributed by atoms with Crippen LogP contribution in [0.2, 0.25) is 0 Å². The molecular formula is C16H23NO4. The summed E-state index contributed by atoms with van der Waals surface area (Å²) in [7, 11) is 0. The molecule has 1 N–H and O–H groups in total. The first-order valence-corrected chi connectivity index (χ1v) is 7.36. The predicted octanol–water partition coefficient (Wildman–Crippen LogP) is 2.12. The Balaban J connectivity index is 1.79. The normalized spacial score (nSPS) is 19.7. The Morgan fingerprint density at radius 2 is 2.33 bits per heavy atom. The zero-order valence-electron chi connectivity index (χ0n) is 12.6. The summed E-state index contributed by atoms with van der Waals surface area (Å²) in [6.45, 7) is 8.32. The smallest absolute Gasteiger partial charge is 0.335 e. The summed E-state index contributed by atoms with van der Waals surface area (Å²) >= 11 is 0. The van der Waals surface area contributed by atoms with Gasteiger partial charge in [-0.2, -0.15) is 0 Å². The Morgan fingerprint density at radius 1 is 1.52 bits per heavy atom. The summed E-state index contributed by atoms with van der Waals surface area (Å²) in [5.41, 5.74) is 0.249. The maximum Gasteiger partial charge on any atom is 0.335 e. The lowest BCUT2D eigenvalue weighted by Gasteiger charge is -2.34. The number of ether oxygens (including phenoxy) is 2. The fraction of sp³-hybridized carbons (Fsp3) is 0.562. The lowest BCUT2D eigenvalue weighted by molar-refractivity contribution is -0.0526. The van der Waals surface area contributed by atoms with Crippen molar-refractivity contribution < 1.29 is 19.4 Å². The molecule has 0 bridgehead atoms. The van der Waals surface area contributed by atoms with Gasteiger partial charge in [0.2, 0.25) is 0 Å². The van der Waals surface area contributed by atoms with Crippen molar-refractivity contribution >= 4 is 5.97 Å². The van der Waals surface area contributed by atoms with Gasteiger partial charge in [-0.25, -0.2) is 4.79 Å². The Morgan fingerprint density at radius 3 is 3.05 bits per heavy atom. The van der Waals surface area contributed by atoms with E-state index in [4.69, 9.17) is 14.6 Å². The molecule has 0 spiro atoms. The third-order valence-electron chi connectivity index (χ3n) is 3.68. The molecule has 1 heterocycles. The average molecular weight is 293 g/mol. The van der Waals surface area contributed by atoms with Crippen molar-refractivity contribution in [3.8, 4) is 5.75 Å². The highest BCUT2D eigenvalue weighted by atomic mass is 16.5. The first kappa shape index (κ1) is 15.8. The lowest BCUT2D eigenvalue weighted by Crippen LogP contribution is -2.45. The van der Waals surface area contributed by atoms with Crippen LogP contribution in [0.5, 0.6) is 5.75 Å². The summed E-state index contributed by atoms with van der Waals surface area (Å²) in [4.78, 5) is 13.2. The zero-order chi connectivity index (χ0) is 15.2. The van der Waals surface area contributed by atoms with Gasteiger partial charge in [0, 0.05) is 19.6 Å². The largest absolute Gasteiger partial charge is 0.492 e. The standard InChI is InChI=1S/C16H23NO4/c1-12(2)15-11-17(7-9-21-15)6-8-20-14-5-3-4-13(10-14)16(18)19/h3-5,10,12,15H,6-9,11H2,1-2H3,(H,18,19). The van der Waals surface area contributed by atoms with Gasteiger partial charge in [0.1, 0.15) is 12.4 Å². The molecule has 0 amide bonds. The summed E-state index contributed by atoms with van der Waals surface area (Å²) in [6, 6.07) is 6.59. The highest BCUT2D eigenvalue weighted by molar-refractivity contribution is 5.87. The molecule has 1 aromatic rings. The van der Waals surface area contributed by atoms with E-state index in [-0.39, 0.29) is 11.7 Å². The molecule has 5 nitrogen and oxygen atoms in total. The Labute approximate surface area is 125 Å². The number of rotatable bonds is 6. The molecule has 5 heteroatoms. The molecule has 1 aromatic carbocycles. The van der Waals surface area contributed by atoms with E-state index in [1.807, 2.05) is 0 Å². The van der Waals surface area contributed by atoms with Crippen LogP contribution in [0.1, 0.15) is 24.2 Å². The van der Waals surface area contributed by atoms with Crippen molar-refractivity contribution in [3.63, 3.8) is 0 Å². The van der Waals surface area contributed by atoms with Gasteiger partial charge in [-0.3, -0.25) is 4.90 Å². The van der Waals surface area contributed by atoms with Crippen molar-refractivity contribution in [1.82, 2.24) is 4.90 Å². The molecule has 1 aliphatic rings. The summed E-state index contributed by atoms with van der Waals surface area (Å²) in [5.74, 6) is 0.179. The maximum atomic E-state index is 10.9. The van der Waals surface area contributed by atoms with Crippen LogP contribution in [-0.2, 0) is 4.74 Å². The van der Waals surface area contributed by atoms with E-state index in [0.29, 0.717) is 18.3 Å². The van der Waals surface area contributed by atoms with Crippen LogP contribution in [0.25, 0.3) is 0 Å². The van der Waals surface area contributed by atoms with Crippen LogP contribution in [0.15, 0.2) is 24.3 Å². The molecule has 1 unspecified atom stereocenters. The second kappa shape index (κ2) is 7.43. The van der Waals surface area contributed by atoms with Gasteiger partial charge in [0.25, 0.3) is 0 Å². The molecule has 0 radical (unpaired) electrons. The Kier molecular flexibility index (Phi) is 5.59. The minimum absolute atomic E-state index is 0.249. The number of hydrogen-bond acceptors (Lipinski definition) is 4. The average Bonchev–Trinajstić information content (AvgIpc) is 2.48. The van der Waals surface area contributed by atoms with E-state index in [9.17, 15) is 4.79 Å². The van der Waals surface area contributed by atoms with Gasteiger partial charge in [-0.05, 0) is 24.1 Å². The van der Waals surface area contributed by atoms with Crippen LogP contribution in [0.4, 0.5) is 0 Å². The topological polar surface area (TPSA) is 59.0 Å². The number of benzene rings is 1. The first-order valence-electron chi connectivity index (χ1n) is 7.36. The molecule has 0 aliphatic carbocycles. The van der Waals surface area contributed by atoms with E-state index < -0.39 is 5.97 Å². The maximum absolute atomic E-state index is 10.9. The second-order valence-corrected chi connectivity index (χ2v) is 5.64. The van der Waals surface area contributed by atoms with Crippen LogP contribution in [0.3, 0.4) is 0 Å². The monoisotopic (exact) mass is 293 g/mol. The highest BCUT2D eigenvalue weighted by Crippen LogP contribution is 2.15. The van der Waals surface area contributed by atoms with Gasteiger partial charge in [0.05, 0.1) is 18.3 Å². The Hall–Kier alpha value is -1.59. The fourth-order valence-electron chi connectivity index (χ4n) is 2.35. The zero-order valence-corrected chi connectivity index (χ0v) is 12.6. The van der Waals surface area contributed by atoms with Crippen LogP contribution in [0, 0.1) is 5.92 Å². The molecule has 21 heavy (non-hydrogen) atoms. The third kappa shape index (κ3) is 4.72. The van der Waals surface area contributed by atoms with Crippen molar-refractivity contribution in [2.45, 2.75) is 20.0 Å². The number of carboxylic acids is 1. The van der Waals surface area contributed by atoms with E-state index in [1.165, 1.54) is 0 Å². The van der Waals surface area contributed by atoms with Gasteiger partial charge in [-0.1, -0.05) is 19.9 Å². The number of aromatic carboxylic acids is 1. The second-order valence-electron chi connectivity index (χ2n) is 5.64. The number of carbonyl (C=O) groups is 1. The SMILES string of the molecule is CC(C)C1CN(CCOc2cccc(C(=O)O)c2)CCO1. The molecule has 1 aliphatic heterocycles. The fourth-order valence-corrected chi connectivity index (χ4v) is 2.35. The molecule has 116 valence electrons. The number of morpholine rings is 1. The van der Waals surface area contributed by atoms with Gasteiger partial charge >= 0.3 is 5.97 Å². The van der Waals surface area contributed by atoms with Gasteiger partial charge in [-0.15, -0.1) is 0 Å². The summed E-state index contributed by atoms with van der Waals surface area (Å²) < 4.78 is 11.4. The molecule has 0 aromatic heterocycles. The molecular weight excluding hydrogens is 270 g/mol. The lowest BCUT2D eigenvalue weighted by atomic mass is 10.1. The third-order valence-corrected chi connectivity index (χ3v) is 3.68. The van der Waals surface area contributed by atoms with Crippen molar-refractivity contribution in [3.05, 3.63) is 29.8 Å². The van der Waals surface area contributed by atoms with Crippen molar-refractivity contribution in [2.75, 3.05) is 32.8 Å². The number of carboxylic acid groups (broad SMARTS) is 1. The predicted molar refractivity (Wildman–Crippen MR) is 79.9 cm³/mol. The number of hydrogen-bond donors (Lipinski definition) is 1. The van der Waals surface area contributed by atoms with Crippen LogP contribution in [-0.4, -0.2) is 54.9 Å². The van der Waals surface area contributed by atoms with Gasteiger partial charge in [0.15, 0.2) is 0 Å². The summed E-state index contributed by atoms with van der Waals surface area (Å²) in [5, 5.41) is 8.94. The first-order chi connectivity index (χ1) is 10.1. The number of nitrogens with zero attached hydrogens (tertiary/aromatic N) is 1. The van der Waals surface area contributed by atoms with Crippen LogP contribution < -0.4 is 4.74 Å². The minimum atomic E-state index is -0.937. The molecule has 1 saturated heterocycles. The summed E-state index contributed by atoms with van der Waals surface area (Å²) in [6.07, 6.45) is 0.286. The molecule has 2 rings (SSSR count). The molecule has 1 atom stereocenters. The van der Waals surface area contributed by atoms with E-state index in [2.05, 4.69) is 18.7 Å². The quantitative estimate of drug-likeness (QED) is 0.870. The highest BCUT2D eigenvalue weighted by Gasteiger charge is 2.22. The van der Waals surface area contributed by atoms with Gasteiger partial charge < -0.3 is 14.6 Å². The van der Waals surface area contributed by atoms with E-state index in [0.717, 1.165) is 26.2 Å².